The van der Waals surface area contributed by atoms with Crippen LogP contribution in [0.3, 0.4) is 0 Å². The monoisotopic (exact) mass is 647 g/mol. The summed E-state index contributed by atoms with van der Waals surface area (Å²) in [5, 5.41) is 15.7. The van der Waals surface area contributed by atoms with Crippen LogP contribution in [0.25, 0.3) is 0 Å². The molecule has 1 aromatic heterocycles. The highest BCUT2D eigenvalue weighted by atomic mass is 31.2. The molecule has 1 aliphatic heterocycles. The molecule has 4 N–H and O–H groups in total. The second-order valence-corrected chi connectivity index (χ2v) is 14.4. The molecular formula is C31H37F3N5O5P. The lowest BCUT2D eigenvalue weighted by Crippen LogP contribution is -2.18. The fourth-order valence-corrected chi connectivity index (χ4v) is 6.82. The minimum atomic E-state index is -4.77. The standard InChI is InChI=1S/C31H37F3N5O5P/c1-4-45(42,43)14-13-18-5-11-24(26(15-18)44-3)36-28-23(31(32,33)34)16-35-30(38-28)37-25-12-10-21(19-6-8-20(40)9-7-19)22-17-39(2)29(41)27(22)25/h5,10-12,15-16,19-20,40H,4,6-9,13-14,17H2,1-3H3,(H,42,43)(H2,35,36,37,38)/t19-,20-. The number of nitrogens with one attached hydrogen (secondary N) is 2. The third-order valence-electron chi connectivity index (χ3n) is 8.55. The maximum atomic E-state index is 14.0. The highest BCUT2D eigenvalue weighted by Gasteiger charge is 2.37. The van der Waals surface area contributed by atoms with E-state index in [1.54, 1.807) is 37.1 Å². The Hall–Kier alpha value is -3.67. The van der Waals surface area contributed by atoms with Gasteiger partial charge in [0.15, 0.2) is 0 Å². The van der Waals surface area contributed by atoms with Crippen LogP contribution >= 0.6 is 7.37 Å². The number of benzene rings is 2. The SMILES string of the molecule is CCP(=O)(O)CCc1ccc(Nc2nc(Nc3ccc([C@H]4CC[C@H](O)CC4)c4c3C(=O)N(C)C4)ncc2C(F)(F)F)c(OC)c1. The number of anilines is 4. The van der Waals surface area contributed by atoms with Gasteiger partial charge in [0, 0.05) is 32.1 Å². The zero-order chi connectivity index (χ0) is 32.5. The van der Waals surface area contributed by atoms with E-state index < -0.39 is 24.9 Å². The highest BCUT2D eigenvalue weighted by Crippen LogP contribution is 2.43. The minimum absolute atomic E-state index is 0.0748. The van der Waals surface area contributed by atoms with Crippen LogP contribution in [0.4, 0.5) is 36.3 Å². The number of aliphatic hydroxyl groups excluding tert-OH is 1. The number of aryl methyl sites for hydroxylation is 1. The van der Waals surface area contributed by atoms with Crippen LogP contribution in [-0.4, -0.2) is 63.4 Å². The van der Waals surface area contributed by atoms with Crippen molar-refractivity contribution >= 4 is 36.4 Å². The van der Waals surface area contributed by atoms with Gasteiger partial charge in [-0.2, -0.15) is 18.2 Å². The van der Waals surface area contributed by atoms with E-state index in [9.17, 15) is 32.5 Å². The molecule has 2 aromatic carbocycles. The number of halogens is 3. The summed E-state index contributed by atoms with van der Waals surface area (Å²) in [6, 6.07) is 8.44. The Kier molecular flexibility index (Phi) is 9.44. The molecule has 1 fully saturated rings. The molecule has 45 heavy (non-hydrogen) atoms. The summed E-state index contributed by atoms with van der Waals surface area (Å²) in [5.74, 6) is -0.436. The molecule has 0 bridgehead atoms. The van der Waals surface area contributed by atoms with E-state index in [1.807, 2.05) is 6.07 Å². The fourth-order valence-electron chi connectivity index (χ4n) is 5.90. The van der Waals surface area contributed by atoms with Crippen LogP contribution in [-0.2, 0) is 23.7 Å². The lowest BCUT2D eigenvalue weighted by Gasteiger charge is -2.27. The van der Waals surface area contributed by atoms with Crippen molar-refractivity contribution in [3.8, 4) is 5.75 Å². The van der Waals surface area contributed by atoms with Crippen molar-refractivity contribution in [2.75, 3.05) is 37.1 Å². The van der Waals surface area contributed by atoms with Crippen LogP contribution in [0.15, 0.2) is 36.5 Å². The quantitative estimate of drug-likeness (QED) is 0.184. The minimum Gasteiger partial charge on any atom is -0.495 e. The number of methoxy groups -OCH3 is 1. The van der Waals surface area contributed by atoms with E-state index >= 15 is 0 Å². The third kappa shape index (κ3) is 7.26. The summed E-state index contributed by atoms with van der Waals surface area (Å²) in [6.45, 7) is 2.04. The second kappa shape index (κ2) is 13.0. The van der Waals surface area contributed by atoms with Gasteiger partial charge in [-0.3, -0.25) is 9.36 Å². The molecule has 1 aliphatic carbocycles. The first-order valence-electron chi connectivity index (χ1n) is 14.8. The number of fused-ring (bicyclic) bond motifs is 1. The van der Waals surface area contributed by atoms with Gasteiger partial charge in [0.05, 0.1) is 30.2 Å². The van der Waals surface area contributed by atoms with Crippen LogP contribution in [0.2, 0.25) is 0 Å². The van der Waals surface area contributed by atoms with Crippen molar-refractivity contribution in [2.24, 2.45) is 0 Å². The molecule has 5 rings (SSSR count). The zero-order valence-electron chi connectivity index (χ0n) is 25.3. The first kappa shape index (κ1) is 32.7. The summed E-state index contributed by atoms with van der Waals surface area (Å²) in [7, 11) is -0.182. The average Bonchev–Trinajstić information content (AvgIpc) is 3.30. The van der Waals surface area contributed by atoms with Gasteiger partial charge in [0.25, 0.3) is 5.91 Å². The fraction of sp³-hybridized carbons (Fsp3) is 0.452. The molecular weight excluding hydrogens is 610 g/mol. The topological polar surface area (TPSA) is 137 Å². The van der Waals surface area contributed by atoms with E-state index in [-0.39, 0.29) is 47.6 Å². The van der Waals surface area contributed by atoms with Crippen LogP contribution in [0.5, 0.6) is 5.75 Å². The number of hydrogen-bond donors (Lipinski definition) is 4. The van der Waals surface area contributed by atoms with Crippen molar-refractivity contribution in [1.82, 2.24) is 14.9 Å². The Morgan fingerprint density at radius 1 is 1.11 bits per heavy atom. The number of aliphatic hydroxyl groups is 1. The molecule has 0 radical (unpaired) electrons. The van der Waals surface area contributed by atoms with Gasteiger partial charge in [-0.25, -0.2) is 4.98 Å². The Bertz CT molecular complexity index is 1630. The normalized spacial score (nSPS) is 19.6. The van der Waals surface area contributed by atoms with E-state index in [2.05, 4.69) is 20.6 Å². The van der Waals surface area contributed by atoms with E-state index in [0.29, 0.717) is 48.8 Å². The number of ether oxygens (including phenoxy) is 1. The predicted molar refractivity (Wildman–Crippen MR) is 165 cm³/mol. The molecule has 2 heterocycles. The van der Waals surface area contributed by atoms with Crippen molar-refractivity contribution in [3.05, 3.63) is 64.3 Å². The van der Waals surface area contributed by atoms with Gasteiger partial charge in [0.2, 0.25) is 13.3 Å². The van der Waals surface area contributed by atoms with Gasteiger partial charge in [-0.15, -0.1) is 0 Å². The molecule has 10 nitrogen and oxygen atoms in total. The zero-order valence-corrected chi connectivity index (χ0v) is 26.2. The van der Waals surface area contributed by atoms with Crippen molar-refractivity contribution in [1.29, 1.82) is 0 Å². The van der Waals surface area contributed by atoms with Gasteiger partial charge in [-0.1, -0.05) is 19.1 Å². The van der Waals surface area contributed by atoms with Gasteiger partial charge in [-0.05, 0) is 72.9 Å². The molecule has 0 saturated heterocycles. The number of amides is 1. The Balaban J connectivity index is 1.45. The van der Waals surface area contributed by atoms with E-state index in [4.69, 9.17) is 4.74 Å². The summed E-state index contributed by atoms with van der Waals surface area (Å²) >= 11 is 0. The molecule has 14 heteroatoms. The van der Waals surface area contributed by atoms with Gasteiger partial charge in [0.1, 0.15) is 17.1 Å². The lowest BCUT2D eigenvalue weighted by atomic mass is 9.80. The molecule has 1 atom stereocenters. The van der Waals surface area contributed by atoms with Crippen LogP contribution in [0, 0.1) is 0 Å². The van der Waals surface area contributed by atoms with Crippen LogP contribution in [0.1, 0.15) is 71.1 Å². The summed E-state index contributed by atoms with van der Waals surface area (Å²) in [4.78, 5) is 32.8. The van der Waals surface area contributed by atoms with Crippen molar-refractivity contribution in [3.63, 3.8) is 0 Å². The number of aromatic nitrogens is 2. The van der Waals surface area contributed by atoms with Crippen molar-refractivity contribution < 1.29 is 37.3 Å². The predicted octanol–water partition coefficient (Wildman–Crippen LogP) is 6.43. The van der Waals surface area contributed by atoms with Crippen molar-refractivity contribution in [2.45, 2.75) is 63.8 Å². The number of alkyl halides is 3. The number of carbonyl (C=O) groups excluding carboxylic acids is 1. The lowest BCUT2D eigenvalue weighted by molar-refractivity contribution is -0.137. The number of carbonyl (C=O) groups is 1. The Labute approximate surface area is 259 Å². The summed E-state index contributed by atoms with van der Waals surface area (Å²) in [6.07, 6.45) is -0.893. The Morgan fingerprint density at radius 3 is 2.49 bits per heavy atom. The molecule has 1 amide bonds. The molecule has 1 unspecified atom stereocenters. The maximum absolute atomic E-state index is 14.0. The second-order valence-electron chi connectivity index (χ2n) is 11.6. The number of rotatable bonds is 10. The highest BCUT2D eigenvalue weighted by molar-refractivity contribution is 7.57. The smallest absolute Gasteiger partial charge is 0.421 e. The number of nitrogens with zero attached hydrogens (tertiary/aromatic N) is 3. The van der Waals surface area contributed by atoms with Gasteiger partial charge < -0.3 is 30.3 Å². The van der Waals surface area contributed by atoms with E-state index in [0.717, 1.165) is 24.0 Å². The third-order valence-corrected chi connectivity index (χ3v) is 10.5. The van der Waals surface area contributed by atoms with E-state index in [1.165, 1.54) is 13.2 Å². The molecule has 2 aliphatic rings. The summed E-state index contributed by atoms with van der Waals surface area (Å²) in [5.41, 5.74) is 2.53. The largest absolute Gasteiger partial charge is 0.495 e. The molecule has 1 saturated carbocycles. The molecule has 242 valence electrons. The average molecular weight is 648 g/mol. The van der Waals surface area contributed by atoms with Crippen LogP contribution < -0.4 is 15.4 Å². The first-order valence-corrected chi connectivity index (χ1v) is 16.9. The molecule has 3 aromatic rings. The first-order chi connectivity index (χ1) is 21.3. The number of hydrogen-bond acceptors (Lipinski definition) is 8. The Morgan fingerprint density at radius 2 is 1.82 bits per heavy atom. The van der Waals surface area contributed by atoms with Gasteiger partial charge >= 0.3 is 6.18 Å². The summed E-state index contributed by atoms with van der Waals surface area (Å²) < 4.78 is 59.6. The maximum Gasteiger partial charge on any atom is 0.421 e. The molecule has 0 spiro atoms.